The lowest BCUT2D eigenvalue weighted by molar-refractivity contribution is -0.115. The first-order chi connectivity index (χ1) is 8.26. The molecular formula is C12H11N3OS. The second-order valence-corrected chi connectivity index (χ2v) is 4.31. The fourth-order valence-electron chi connectivity index (χ4n) is 1.99. The third-order valence-electron chi connectivity index (χ3n) is 2.82. The predicted molar refractivity (Wildman–Crippen MR) is 69.0 cm³/mol. The van der Waals surface area contributed by atoms with Gasteiger partial charge in [0.2, 0.25) is 5.91 Å². The van der Waals surface area contributed by atoms with Crippen LogP contribution >= 0.6 is 12.6 Å². The van der Waals surface area contributed by atoms with Crippen molar-refractivity contribution in [2.75, 3.05) is 5.32 Å². The van der Waals surface area contributed by atoms with Gasteiger partial charge in [-0.05, 0) is 23.3 Å². The van der Waals surface area contributed by atoms with Crippen LogP contribution in [-0.4, -0.2) is 15.9 Å². The Balaban J connectivity index is 1.99. The van der Waals surface area contributed by atoms with E-state index in [1.54, 1.807) is 6.20 Å². The number of imidazole rings is 1. The number of H-pyrrole nitrogens is 1. The second kappa shape index (κ2) is 3.92. The number of aromatic nitrogens is 2. The van der Waals surface area contributed by atoms with Crippen LogP contribution in [0.2, 0.25) is 0 Å². The summed E-state index contributed by atoms with van der Waals surface area (Å²) in [6.45, 7) is 0. The quantitative estimate of drug-likeness (QED) is 0.709. The summed E-state index contributed by atoms with van der Waals surface area (Å²) in [5.41, 5.74) is 3.94. The van der Waals surface area contributed by atoms with Crippen molar-refractivity contribution in [1.29, 1.82) is 0 Å². The van der Waals surface area contributed by atoms with E-state index in [0.717, 1.165) is 28.3 Å². The molecular weight excluding hydrogens is 234 g/mol. The van der Waals surface area contributed by atoms with Gasteiger partial charge in [0.05, 0.1) is 18.3 Å². The van der Waals surface area contributed by atoms with E-state index in [1.807, 2.05) is 18.2 Å². The summed E-state index contributed by atoms with van der Waals surface area (Å²) in [6, 6.07) is 5.92. The number of fused-ring (bicyclic) bond motifs is 1. The maximum atomic E-state index is 11.3. The first kappa shape index (κ1) is 10.4. The third kappa shape index (κ3) is 1.82. The molecule has 0 unspecified atom stereocenters. The van der Waals surface area contributed by atoms with E-state index in [-0.39, 0.29) is 5.91 Å². The number of benzene rings is 1. The molecule has 2 aromatic rings. The Morgan fingerprint density at radius 2 is 2.29 bits per heavy atom. The SMILES string of the molecule is O=C1Cc2cc(-c3cnc(CS)[nH]3)ccc2N1. The van der Waals surface area contributed by atoms with E-state index in [2.05, 4.69) is 27.9 Å². The molecule has 2 N–H and O–H groups in total. The normalized spacial score (nSPS) is 13.6. The van der Waals surface area contributed by atoms with Crippen LogP contribution in [0.25, 0.3) is 11.3 Å². The number of aromatic amines is 1. The molecule has 3 rings (SSSR count). The predicted octanol–water partition coefficient (Wildman–Crippen LogP) is 2.00. The summed E-state index contributed by atoms with van der Waals surface area (Å²) in [6.07, 6.45) is 2.24. The highest BCUT2D eigenvalue weighted by molar-refractivity contribution is 7.79. The number of nitrogens with zero attached hydrogens (tertiary/aromatic N) is 1. The molecule has 0 bridgehead atoms. The summed E-state index contributed by atoms with van der Waals surface area (Å²) in [7, 11) is 0. The zero-order valence-corrected chi connectivity index (χ0v) is 9.92. The second-order valence-electron chi connectivity index (χ2n) is 4.00. The number of hydrogen-bond donors (Lipinski definition) is 3. The van der Waals surface area contributed by atoms with Gasteiger partial charge in [-0.1, -0.05) is 6.07 Å². The number of rotatable bonds is 2. The van der Waals surface area contributed by atoms with Crippen LogP contribution < -0.4 is 5.32 Å². The minimum Gasteiger partial charge on any atom is -0.341 e. The maximum Gasteiger partial charge on any atom is 0.228 e. The molecule has 0 spiro atoms. The Morgan fingerprint density at radius 1 is 1.41 bits per heavy atom. The van der Waals surface area contributed by atoms with Crippen LogP contribution in [0.4, 0.5) is 5.69 Å². The van der Waals surface area contributed by atoms with Crippen molar-refractivity contribution in [2.24, 2.45) is 0 Å². The van der Waals surface area contributed by atoms with Crippen molar-refractivity contribution in [3.8, 4) is 11.3 Å². The van der Waals surface area contributed by atoms with E-state index in [1.165, 1.54) is 0 Å². The van der Waals surface area contributed by atoms with Gasteiger partial charge in [-0.25, -0.2) is 4.98 Å². The van der Waals surface area contributed by atoms with Crippen LogP contribution in [0.3, 0.4) is 0 Å². The number of hydrogen-bond acceptors (Lipinski definition) is 3. The summed E-state index contributed by atoms with van der Waals surface area (Å²) in [4.78, 5) is 18.7. The van der Waals surface area contributed by atoms with Gasteiger partial charge in [0.15, 0.2) is 0 Å². The zero-order chi connectivity index (χ0) is 11.8. The van der Waals surface area contributed by atoms with Crippen molar-refractivity contribution in [3.63, 3.8) is 0 Å². The van der Waals surface area contributed by atoms with Crippen LogP contribution in [0, 0.1) is 0 Å². The van der Waals surface area contributed by atoms with Crippen molar-refractivity contribution < 1.29 is 4.79 Å². The lowest BCUT2D eigenvalue weighted by Gasteiger charge is -2.01. The third-order valence-corrected chi connectivity index (χ3v) is 3.12. The molecule has 1 aromatic carbocycles. The standard InChI is InChI=1S/C12H11N3OS/c16-12-4-8-3-7(1-2-9(8)15-12)10-5-13-11(6-17)14-10/h1-3,5,17H,4,6H2,(H,13,14)(H,15,16). The van der Waals surface area contributed by atoms with Crippen LogP contribution in [0.5, 0.6) is 0 Å². The molecule has 0 fully saturated rings. The van der Waals surface area contributed by atoms with Crippen molar-refractivity contribution in [3.05, 3.63) is 35.8 Å². The minimum absolute atomic E-state index is 0.0535. The summed E-state index contributed by atoms with van der Waals surface area (Å²) < 4.78 is 0. The van der Waals surface area contributed by atoms with Gasteiger partial charge in [0.25, 0.3) is 0 Å². The van der Waals surface area contributed by atoms with Crippen LogP contribution in [0.1, 0.15) is 11.4 Å². The van der Waals surface area contributed by atoms with Crippen molar-refractivity contribution in [2.45, 2.75) is 12.2 Å². The topological polar surface area (TPSA) is 57.8 Å². The molecule has 0 saturated carbocycles. The highest BCUT2D eigenvalue weighted by Gasteiger charge is 2.18. The van der Waals surface area contributed by atoms with Crippen molar-refractivity contribution in [1.82, 2.24) is 9.97 Å². The van der Waals surface area contributed by atoms with E-state index >= 15 is 0 Å². The van der Waals surface area contributed by atoms with Gasteiger partial charge in [-0.15, -0.1) is 0 Å². The maximum absolute atomic E-state index is 11.3. The molecule has 2 heterocycles. The Morgan fingerprint density at radius 3 is 3.06 bits per heavy atom. The molecule has 1 aliphatic heterocycles. The average molecular weight is 245 g/mol. The fourth-order valence-corrected chi connectivity index (χ4v) is 2.15. The number of nitrogens with one attached hydrogen (secondary N) is 2. The monoisotopic (exact) mass is 245 g/mol. The highest BCUT2D eigenvalue weighted by Crippen LogP contribution is 2.28. The van der Waals surface area contributed by atoms with Crippen molar-refractivity contribution >= 4 is 24.2 Å². The van der Waals surface area contributed by atoms with Gasteiger partial charge in [-0.2, -0.15) is 12.6 Å². The van der Waals surface area contributed by atoms with E-state index in [0.29, 0.717) is 12.2 Å². The van der Waals surface area contributed by atoms with Gasteiger partial charge < -0.3 is 10.3 Å². The highest BCUT2D eigenvalue weighted by atomic mass is 32.1. The minimum atomic E-state index is 0.0535. The average Bonchev–Trinajstić information content (AvgIpc) is 2.92. The summed E-state index contributed by atoms with van der Waals surface area (Å²) in [5, 5.41) is 2.82. The van der Waals surface area contributed by atoms with E-state index in [9.17, 15) is 4.79 Å². The Hall–Kier alpha value is -1.75. The Bertz CT molecular complexity index is 591. The zero-order valence-electron chi connectivity index (χ0n) is 9.03. The van der Waals surface area contributed by atoms with Gasteiger partial charge in [0, 0.05) is 11.4 Å². The van der Waals surface area contributed by atoms with E-state index in [4.69, 9.17) is 0 Å². The van der Waals surface area contributed by atoms with Crippen LogP contribution in [0.15, 0.2) is 24.4 Å². The largest absolute Gasteiger partial charge is 0.341 e. The molecule has 1 amide bonds. The molecule has 4 nitrogen and oxygen atoms in total. The van der Waals surface area contributed by atoms with Gasteiger partial charge in [0.1, 0.15) is 5.82 Å². The first-order valence-electron chi connectivity index (χ1n) is 5.34. The Kier molecular flexibility index (Phi) is 2.40. The molecule has 17 heavy (non-hydrogen) atoms. The molecule has 5 heteroatoms. The molecule has 86 valence electrons. The summed E-state index contributed by atoms with van der Waals surface area (Å²) in [5.74, 6) is 1.49. The number of amides is 1. The molecule has 0 aliphatic carbocycles. The lowest BCUT2D eigenvalue weighted by Crippen LogP contribution is -2.03. The summed E-state index contributed by atoms with van der Waals surface area (Å²) >= 11 is 4.16. The first-order valence-corrected chi connectivity index (χ1v) is 5.97. The lowest BCUT2D eigenvalue weighted by atomic mass is 10.1. The molecule has 0 radical (unpaired) electrons. The molecule has 0 atom stereocenters. The molecule has 1 aliphatic rings. The number of carbonyl (C=O) groups is 1. The number of anilines is 1. The van der Waals surface area contributed by atoms with E-state index < -0.39 is 0 Å². The van der Waals surface area contributed by atoms with Gasteiger partial charge >= 0.3 is 0 Å². The Labute approximate surface area is 104 Å². The smallest absolute Gasteiger partial charge is 0.228 e. The van der Waals surface area contributed by atoms with Gasteiger partial charge in [-0.3, -0.25) is 4.79 Å². The number of thiol groups is 1. The molecule has 1 aromatic heterocycles. The van der Waals surface area contributed by atoms with Crippen LogP contribution in [-0.2, 0) is 17.0 Å². The fraction of sp³-hybridized carbons (Fsp3) is 0.167. The number of carbonyl (C=O) groups excluding carboxylic acids is 1. The molecule has 0 saturated heterocycles.